The molecule has 0 aromatic heterocycles. The van der Waals surface area contributed by atoms with Crippen molar-refractivity contribution in [1.29, 1.82) is 0 Å². The van der Waals surface area contributed by atoms with E-state index in [0.29, 0.717) is 12.0 Å². The molecule has 0 aliphatic carbocycles. The topological polar surface area (TPSA) is 431 Å². The van der Waals surface area contributed by atoms with Crippen LogP contribution in [0.5, 0.6) is 5.75 Å². The highest BCUT2D eigenvalue weighted by atomic mass is 32.2. The summed E-state index contributed by atoms with van der Waals surface area (Å²) in [6.07, 6.45) is -2.14. The maximum atomic E-state index is 13.9. The number of nitrogens with one attached hydrogen (secondary N) is 8. The Morgan fingerprint density at radius 1 is 0.581 bits per heavy atom. The molecule has 0 radical (unpaired) electrons. The lowest BCUT2D eigenvalue weighted by Gasteiger charge is -2.29. The second-order valence-electron chi connectivity index (χ2n) is 18.6. The van der Waals surface area contributed by atoms with Gasteiger partial charge < -0.3 is 78.9 Å². The van der Waals surface area contributed by atoms with Gasteiger partial charge in [0, 0.05) is 12.8 Å². The van der Waals surface area contributed by atoms with E-state index >= 15 is 0 Å². The molecule has 0 unspecified atom stereocenters. The third-order valence-electron chi connectivity index (χ3n) is 11.6. The normalized spacial score (nSPS) is 15.7. The molecule has 0 saturated heterocycles. The van der Waals surface area contributed by atoms with E-state index in [1.165, 1.54) is 36.0 Å². The molecule has 0 bridgehead atoms. The number of carboxylic acids is 3. The van der Waals surface area contributed by atoms with Crippen LogP contribution in [0.3, 0.4) is 0 Å². The van der Waals surface area contributed by atoms with Crippen LogP contribution in [0.25, 0.3) is 0 Å². The number of nitrogens with two attached hydrogens (primary N) is 1. The highest BCUT2D eigenvalue weighted by Crippen LogP contribution is 2.14. The average molecular weight is 1070 g/mol. The van der Waals surface area contributed by atoms with Crippen LogP contribution in [0.15, 0.2) is 24.3 Å². The third kappa shape index (κ3) is 23.1. The number of hydrogen-bond acceptors (Lipinski definition) is 16. The summed E-state index contributed by atoms with van der Waals surface area (Å²) in [5.74, 6) is -13.7. The SMILES string of the molecule is CC[C@H](C)[C@H](N)C(=O)N[C@H](C(=O)N[C@@H](CC(=O)O)C(=O)N[C@@H](CO)C(=O)N[C@@H](CC(C)C)C(=O)N[C@H](C(=O)N[C@@H](CCC(=O)O)C(=O)N[C@@H](CCSC)C(=O)N[C@@H](Cc1ccc(O)cc1)C(=O)O)[C@@H](C)O)C(C)C. The van der Waals surface area contributed by atoms with Crippen molar-refractivity contribution in [1.82, 2.24) is 42.5 Å². The number of hydrogen-bond donors (Lipinski definition) is 15. The van der Waals surface area contributed by atoms with Crippen LogP contribution in [0.4, 0.5) is 0 Å². The van der Waals surface area contributed by atoms with Crippen molar-refractivity contribution >= 4 is 76.9 Å². The highest BCUT2D eigenvalue weighted by Gasteiger charge is 2.37. The maximum Gasteiger partial charge on any atom is 0.326 e. The summed E-state index contributed by atoms with van der Waals surface area (Å²) in [4.78, 5) is 144. The van der Waals surface area contributed by atoms with Crippen molar-refractivity contribution in [2.24, 2.45) is 23.5 Å². The Labute approximate surface area is 433 Å². The summed E-state index contributed by atoms with van der Waals surface area (Å²) in [6, 6.07) is -8.48. The number of aliphatic hydroxyl groups is 2. The number of carbonyl (C=O) groups excluding carboxylic acids is 8. The monoisotopic (exact) mass is 1070 g/mol. The van der Waals surface area contributed by atoms with Crippen molar-refractivity contribution in [2.45, 2.75) is 154 Å². The zero-order valence-electron chi connectivity index (χ0n) is 42.8. The molecule has 16 N–H and O–H groups in total. The zero-order valence-corrected chi connectivity index (χ0v) is 43.7. The second-order valence-corrected chi connectivity index (χ2v) is 19.6. The van der Waals surface area contributed by atoms with Gasteiger partial charge in [0.1, 0.15) is 54.1 Å². The quantitative estimate of drug-likeness (QED) is 0.0338. The van der Waals surface area contributed by atoms with Crippen molar-refractivity contribution in [3.63, 3.8) is 0 Å². The van der Waals surface area contributed by atoms with Gasteiger partial charge in [-0.2, -0.15) is 11.8 Å². The van der Waals surface area contributed by atoms with Gasteiger partial charge in [-0.1, -0.05) is 60.1 Å². The second kappa shape index (κ2) is 32.6. The molecule has 0 fully saturated rings. The molecular formula is C47H75N9O17S. The molecule has 0 aliphatic heterocycles. The summed E-state index contributed by atoms with van der Waals surface area (Å²) in [7, 11) is 0. The Kier molecular flexibility index (Phi) is 28.8. The van der Waals surface area contributed by atoms with Gasteiger partial charge in [-0.3, -0.25) is 47.9 Å². The number of amides is 8. The van der Waals surface area contributed by atoms with Gasteiger partial charge in [-0.25, -0.2) is 4.79 Å². The van der Waals surface area contributed by atoms with Gasteiger partial charge in [0.25, 0.3) is 0 Å². The molecule has 1 rings (SSSR count). The number of phenols is 1. The minimum Gasteiger partial charge on any atom is -0.508 e. The van der Waals surface area contributed by atoms with Crippen LogP contribution in [0.2, 0.25) is 0 Å². The van der Waals surface area contributed by atoms with Crippen LogP contribution in [0, 0.1) is 17.8 Å². The first-order valence-corrected chi connectivity index (χ1v) is 25.4. The number of benzene rings is 1. The molecule has 416 valence electrons. The molecule has 0 aliphatic rings. The molecule has 0 spiro atoms. The summed E-state index contributed by atoms with van der Waals surface area (Å²) >= 11 is 1.28. The van der Waals surface area contributed by atoms with E-state index in [2.05, 4.69) is 42.5 Å². The minimum atomic E-state index is -1.89. The Balaban J connectivity index is 3.35. The third-order valence-corrected chi connectivity index (χ3v) is 12.2. The van der Waals surface area contributed by atoms with Crippen LogP contribution < -0.4 is 48.3 Å². The highest BCUT2D eigenvalue weighted by molar-refractivity contribution is 7.98. The summed E-state index contributed by atoms with van der Waals surface area (Å²) in [5, 5.41) is 78.1. The number of aromatic hydroxyl groups is 1. The number of aliphatic hydroxyl groups excluding tert-OH is 2. The van der Waals surface area contributed by atoms with Crippen LogP contribution in [-0.4, -0.2) is 175 Å². The molecule has 8 amide bonds. The maximum absolute atomic E-state index is 13.9. The van der Waals surface area contributed by atoms with Gasteiger partial charge in [0.2, 0.25) is 47.3 Å². The van der Waals surface area contributed by atoms with Crippen LogP contribution >= 0.6 is 11.8 Å². The molecule has 27 heteroatoms. The van der Waals surface area contributed by atoms with E-state index in [4.69, 9.17) is 5.73 Å². The van der Waals surface area contributed by atoms with Crippen LogP contribution in [-0.2, 0) is 59.2 Å². The van der Waals surface area contributed by atoms with E-state index in [0.717, 1.165) is 6.92 Å². The molecule has 74 heavy (non-hydrogen) atoms. The summed E-state index contributed by atoms with van der Waals surface area (Å²) < 4.78 is 0. The fourth-order valence-electron chi connectivity index (χ4n) is 6.96. The van der Waals surface area contributed by atoms with E-state index in [-0.39, 0.29) is 42.6 Å². The Bertz CT molecular complexity index is 2090. The molecule has 1 aromatic carbocycles. The molecule has 11 atom stereocenters. The molecule has 1 aromatic rings. The van der Waals surface area contributed by atoms with E-state index in [1.807, 2.05) is 6.92 Å². The Hall–Kier alpha value is -6.58. The predicted molar refractivity (Wildman–Crippen MR) is 268 cm³/mol. The van der Waals surface area contributed by atoms with Crippen molar-refractivity contribution in [3.8, 4) is 5.75 Å². The lowest BCUT2D eigenvalue weighted by molar-refractivity contribution is -0.142. The van der Waals surface area contributed by atoms with E-state index < -0.39 is 157 Å². The molecular weight excluding hydrogens is 995 g/mol. The predicted octanol–water partition coefficient (Wildman–Crippen LogP) is -2.56. The van der Waals surface area contributed by atoms with Gasteiger partial charge in [-0.15, -0.1) is 0 Å². The first-order valence-electron chi connectivity index (χ1n) is 24.0. The number of thioether (sulfide) groups is 1. The largest absolute Gasteiger partial charge is 0.508 e. The minimum absolute atomic E-state index is 0.0478. The Morgan fingerprint density at radius 3 is 1.53 bits per heavy atom. The number of phenolic OH excluding ortho intramolecular Hbond substituents is 1. The first kappa shape index (κ1) is 65.4. The average Bonchev–Trinajstić information content (AvgIpc) is 3.32. The van der Waals surface area contributed by atoms with Gasteiger partial charge in [0.05, 0.1) is 25.2 Å². The molecule has 0 saturated carbocycles. The lowest BCUT2D eigenvalue weighted by Crippen LogP contribution is -2.62. The number of carbonyl (C=O) groups is 11. The smallest absolute Gasteiger partial charge is 0.326 e. The van der Waals surface area contributed by atoms with E-state index in [9.17, 15) is 83.4 Å². The van der Waals surface area contributed by atoms with Crippen molar-refractivity contribution in [2.75, 3.05) is 18.6 Å². The molecule has 26 nitrogen and oxygen atoms in total. The number of aliphatic carboxylic acids is 3. The van der Waals surface area contributed by atoms with Gasteiger partial charge >= 0.3 is 17.9 Å². The number of rotatable bonds is 34. The number of carboxylic acid groups (broad SMARTS) is 3. The van der Waals surface area contributed by atoms with Gasteiger partial charge in [-0.05, 0) is 73.6 Å². The summed E-state index contributed by atoms with van der Waals surface area (Å²) in [6.45, 7) is 9.98. The first-order chi connectivity index (χ1) is 34.6. The van der Waals surface area contributed by atoms with Crippen molar-refractivity contribution in [3.05, 3.63) is 29.8 Å². The van der Waals surface area contributed by atoms with E-state index in [1.54, 1.807) is 40.9 Å². The van der Waals surface area contributed by atoms with Crippen LogP contribution in [0.1, 0.15) is 92.6 Å². The zero-order chi connectivity index (χ0) is 56.6. The fraction of sp³-hybridized carbons (Fsp3) is 0.638. The Morgan fingerprint density at radius 2 is 1.04 bits per heavy atom. The summed E-state index contributed by atoms with van der Waals surface area (Å²) in [5.41, 5.74) is 6.46. The standard InChI is InChI=1S/C47H75N9O17S/c1-9-24(6)36(48)44(69)55-37(23(4)5)45(70)52-31(20-35(62)63)41(66)54-33(21-57)43(68)51-30(18-22(2)3)42(67)56-38(25(7)58)46(71)50-28(14-15-34(60)61)39(64)49-29(16-17-74-8)40(65)53-32(47(72)73)19-26-10-12-27(59)13-11-26/h10-13,22-25,28-33,36-38,57-59H,9,14-21,48H2,1-8H3,(H,49,64)(H,50,71)(H,51,68)(H,52,70)(H,53,65)(H,54,66)(H,55,69)(H,56,67)(H,60,61)(H,62,63)(H,72,73)/t24-,25+,28-,29-,30-,31-,32-,33-,36-,37-,38-/m0/s1. The van der Waals surface area contributed by atoms with Gasteiger partial charge in [0.15, 0.2) is 0 Å². The fourth-order valence-corrected chi connectivity index (χ4v) is 7.43. The van der Waals surface area contributed by atoms with Crippen molar-refractivity contribution < 1.29 is 83.4 Å². The molecule has 0 heterocycles. The lowest BCUT2D eigenvalue weighted by atomic mass is 9.97.